The molecular weight excluding hydrogens is 261 g/mol. The Kier molecular flexibility index (Phi) is 2.73. The summed E-state index contributed by atoms with van der Waals surface area (Å²) in [6, 6.07) is 3.44. The van der Waals surface area contributed by atoms with Gasteiger partial charge >= 0.3 is 0 Å². The summed E-state index contributed by atoms with van der Waals surface area (Å²) in [6.07, 6.45) is 3.04. The fourth-order valence-corrected chi connectivity index (χ4v) is 2.29. The highest BCUT2D eigenvalue weighted by Crippen LogP contribution is 2.41. The standard InChI is InChI=1S/C11H13BrFNO/c1-15-9-6-7(5-8(12)10(9)13)11(14)3-2-4-11/h5-6H,2-4,14H2,1H3. The van der Waals surface area contributed by atoms with Crippen LogP contribution in [-0.2, 0) is 5.54 Å². The molecule has 0 aromatic heterocycles. The quantitative estimate of drug-likeness (QED) is 0.899. The van der Waals surface area contributed by atoms with Crippen LogP contribution >= 0.6 is 15.9 Å². The average Bonchev–Trinajstić information content (AvgIpc) is 2.18. The van der Waals surface area contributed by atoms with Crippen molar-refractivity contribution >= 4 is 15.9 Å². The molecule has 2 N–H and O–H groups in total. The van der Waals surface area contributed by atoms with Gasteiger partial charge in [-0.05, 0) is 52.9 Å². The van der Waals surface area contributed by atoms with Crippen molar-refractivity contribution in [3.8, 4) is 5.75 Å². The molecule has 1 aromatic rings. The van der Waals surface area contributed by atoms with E-state index < -0.39 is 0 Å². The normalized spacial score (nSPS) is 18.4. The van der Waals surface area contributed by atoms with Gasteiger partial charge in [0.2, 0.25) is 0 Å². The molecule has 0 spiro atoms. The van der Waals surface area contributed by atoms with Crippen molar-refractivity contribution in [1.29, 1.82) is 0 Å². The van der Waals surface area contributed by atoms with Crippen LogP contribution in [-0.4, -0.2) is 7.11 Å². The van der Waals surface area contributed by atoms with Crippen molar-refractivity contribution in [2.45, 2.75) is 24.8 Å². The molecule has 0 unspecified atom stereocenters. The van der Waals surface area contributed by atoms with Crippen molar-refractivity contribution in [2.75, 3.05) is 7.11 Å². The molecule has 82 valence electrons. The van der Waals surface area contributed by atoms with E-state index >= 15 is 0 Å². The summed E-state index contributed by atoms with van der Waals surface area (Å²) in [5.74, 6) is -0.125. The van der Waals surface area contributed by atoms with E-state index in [0.29, 0.717) is 4.47 Å². The van der Waals surface area contributed by atoms with Gasteiger partial charge in [-0.3, -0.25) is 0 Å². The molecule has 0 saturated heterocycles. The van der Waals surface area contributed by atoms with Crippen molar-refractivity contribution < 1.29 is 9.13 Å². The first-order valence-electron chi connectivity index (χ1n) is 4.89. The monoisotopic (exact) mass is 273 g/mol. The van der Waals surface area contributed by atoms with Crippen molar-refractivity contribution in [3.63, 3.8) is 0 Å². The van der Waals surface area contributed by atoms with Crippen molar-refractivity contribution in [3.05, 3.63) is 28.0 Å². The van der Waals surface area contributed by atoms with Crippen LogP contribution in [0.15, 0.2) is 16.6 Å². The molecule has 0 radical (unpaired) electrons. The molecular formula is C11H13BrFNO. The van der Waals surface area contributed by atoms with Gasteiger partial charge in [0.05, 0.1) is 11.6 Å². The summed E-state index contributed by atoms with van der Waals surface area (Å²) in [6.45, 7) is 0. The SMILES string of the molecule is COc1cc(C2(N)CCC2)cc(Br)c1F. The van der Waals surface area contributed by atoms with E-state index in [0.717, 1.165) is 24.8 Å². The highest BCUT2D eigenvalue weighted by atomic mass is 79.9. The molecule has 15 heavy (non-hydrogen) atoms. The number of nitrogens with two attached hydrogens (primary N) is 1. The lowest BCUT2D eigenvalue weighted by Gasteiger charge is -2.38. The van der Waals surface area contributed by atoms with Gasteiger partial charge in [-0.15, -0.1) is 0 Å². The van der Waals surface area contributed by atoms with Crippen LogP contribution in [0.1, 0.15) is 24.8 Å². The molecule has 1 aliphatic rings. The minimum absolute atomic E-state index is 0.246. The Labute approximate surface area is 96.7 Å². The third-order valence-electron chi connectivity index (χ3n) is 3.04. The maximum absolute atomic E-state index is 13.5. The predicted octanol–water partition coefficient (Wildman–Crippen LogP) is 2.93. The Balaban J connectivity index is 2.45. The fourth-order valence-electron chi connectivity index (χ4n) is 1.85. The summed E-state index contributed by atoms with van der Waals surface area (Å²) < 4.78 is 18.9. The lowest BCUT2D eigenvalue weighted by atomic mass is 9.73. The zero-order chi connectivity index (χ0) is 11.1. The molecule has 4 heteroatoms. The number of rotatable bonds is 2. The van der Waals surface area contributed by atoms with Gasteiger partial charge in [-0.2, -0.15) is 0 Å². The molecule has 2 nitrogen and oxygen atoms in total. The third kappa shape index (κ3) is 1.76. The van der Waals surface area contributed by atoms with E-state index in [1.807, 2.05) is 0 Å². The summed E-state index contributed by atoms with van der Waals surface area (Å²) in [5, 5.41) is 0. The van der Waals surface area contributed by atoms with Gasteiger partial charge in [0, 0.05) is 5.54 Å². The van der Waals surface area contributed by atoms with E-state index in [1.165, 1.54) is 7.11 Å². The maximum atomic E-state index is 13.5. The Hall–Kier alpha value is -0.610. The molecule has 2 rings (SSSR count). The topological polar surface area (TPSA) is 35.2 Å². The number of ether oxygens (including phenoxy) is 1. The number of hydrogen-bond donors (Lipinski definition) is 1. The van der Waals surface area contributed by atoms with Gasteiger partial charge in [0.1, 0.15) is 0 Å². The minimum atomic E-state index is -0.371. The lowest BCUT2D eigenvalue weighted by Crippen LogP contribution is -2.43. The lowest BCUT2D eigenvalue weighted by molar-refractivity contribution is 0.252. The third-order valence-corrected chi connectivity index (χ3v) is 3.61. The first-order chi connectivity index (χ1) is 7.07. The summed E-state index contributed by atoms with van der Waals surface area (Å²) >= 11 is 3.17. The van der Waals surface area contributed by atoms with Crippen LogP contribution in [0.25, 0.3) is 0 Å². The van der Waals surface area contributed by atoms with Gasteiger partial charge in [-0.25, -0.2) is 4.39 Å². The van der Waals surface area contributed by atoms with Crippen LogP contribution in [0, 0.1) is 5.82 Å². The molecule has 0 amide bonds. The zero-order valence-electron chi connectivity index (χ0n) is 8.52. The van der Waals surface area contributed by atoms with Crippen LogP contribution in [0.5, 0.6) is 5.75 Å². The zero-order valence-corrected chi connectivity index (χ0v) is 10.1. The largest absolute Gasteiger partial charge is 0.494 e. The number of methoxy groups -OCH3 is 1. The minimum Gasteiger partial charge on any atom is -0.494 e. The Morgan fingerprint density at radius 1 is 1.47 bits per heavy atom. The van der Waals surface area contributed by atoms with Gasteiger partial charge in [-0.1, -0.05) is 0 Å². The Bertz CT molecular complexity index is 390. The molecule has 1 aliphatic carbocycles. The summed E-state index contributed by atoms with van der Waals surface area (Å²) in [5.41, 5.74) is 6.82. The fraction of sp³-hybridized carbons (Fsp3) is 0.455. The molecule has 0 aliphatic heterocycles. The highest BCUT2D eigenvalue weighted by Gasteiger charge is 2.35. The van der Waals surface area contributed by atoms with E-state index in [2.05, 4.69) is 15.9 Å². The smallest absolute Gasteiger partial charge is 0.179 e. The van der Waals surface area contributed by atoms with Crippen LogP contribution in [0.4, 0.5) is 4.39 Å². The molecule has 1 aromatic carbocycles. The van der Waals surface area contributed by atoms with E-state index in [-0.39, 0.29) is 17.1 Å². The molecule has 0 heterocycles. The molecule has 1 saturated carbocycles. The average molecular weight is 274 g/mol. The van der Waals surface area contributed by atoms with Crippen molar-refractivity contribution in [2.24, 2.45) is 5.73 Å². The van der Waals surface area contributed by atoms with E-state index in [1.54, 1.807) is 12.1 Å². The van der Waals surface area contributed by atoms with Crippen LogP contribution in [0.3, 0.4) is 0 Å². The van der Waals surface area contributed by atoms with Crippen LogP contribution < -0.4 is 10.5 Å². The number of hydrogen-bond acceptors (Lipinski definition) is 2. The molecule has 0 bridgehead atoms. The predicted molar refractivity (Wildman–Crippen MR) is 60.4 cm³/mol. The maximum Gasteiger partial charge on any atom is 0.179 e. The summed E-state index contributed by atoms with van der Waals surface area (Å²) in [7, 11) is 1.46. The second-order valence-electron chi connectivity index (χ2n) is 3.98. The van der Waals surface area contributed by atoms with Crippen LogP contribution in [0.2, 0.25) is 0 Å². The first kappa shape index (κ1) is 10.9. The van der Waals surface area contributed by atoms with Gasteiger partial charge in [0.25, 0.3) is 0 Å². The first-order valence-corrected chi connectivity index (χ1v) is 5.68. The van der Waals surface area contributed by atoms with Gasteiger partial charge in [0.15, 0.2) is 11.6 Å². The Morgan fingerprint density at radius 3 is 2.60 bits per heavy atom. The summed E-state index contributed by atoms with van der Waals surface area (Å²) in [4.78, 5) is 0. The number of benzene rings is 1. The van der Waals surface area contributed by atoms with E-state index in [9.17, 15) is 4.39 Å². The van der Waals surface area contributed by atoms with E-state index in [4.69, 9.17) is 10.5 Å². The highest BCUT2D eigenvalue weighted by molar-refractivity contribution is 9.10. The Morgan fingerprint density at radius 2 is 2.13 bits per heavy atom. The second kappa shape index (κ2) is 3.76. The second-order valence-corrected chi connectivity index (χ2v) is 4.84. The number of halogens is 2. The van der Waals surface area contributed by atoms with Crippen molar-refractivity contribution in [1.82, 2.24) is 0 Å². The molecule has 1 fully saturated rings. The molecule has 0 atom stereocenters. The van der Waals surface area contributed by atoms with Gasteiger partial charge < -0.3 is 10.5 Å².